The first-order valence-corrected chi connectivity index (χ1v) is 10.4. The highest BCUT2D eigenvalue weighted by molar-refractivity contribution is 7.90. The zero-order chi connectivity index (χ0) is 18.9. The molecule has 0 amide bonds. The van der Waals surface area contributed by atoms with Gasteiger partial charge in [-0.2, -0.15) is 0 Å². The van der Waals surface area contributed by atoms with Crippen molar-refractivity contribution in [3.63, 3.8) is 0 Å². The van der Waals surface area contributed by atoms with Crippen LogP contribution in [0.2, 0.25) is 0 Å². The highest BCUT2D eigenvalue weighted by Crippen LogP contribution is 2.13. The van der Waals surface area contributed by atoms with E-state index in [0.29, 0.717) is 31.2 Å². The zero-order valence-corrected chi connectivity index (χ0v) is 16.1. The van der Waals surface area contributed by atoms with Gasteiger partial charge in [0.1, 0.15) is 27.5 Å². The van der Waals surface area contributed by atoms with Crippen LogP contribution in [-0.4, -0.2) is 51.6 Å². The Morgan fingerprint density at radius 2 is 2.08 bits per heavy atom. The third kappa shape index (κ3) is 9.91. The Bertz CT molecular complexity index is 665. The Hall–Kier alpha value is -1.83. The van der Waals surface area contributed by atoms with Gasteiger partial charge in [0, 0.05) is 24.9 Å². The molecular weight excluding hydrogens is 345 g/mol. The lowest BCUT2D eigenvalue weighted by atomic mass is 10.3. The minimum Gasteiger partial charge on any atom is -0.489 e. The van der Waals surface area contributed by atoms with Gasteiger partial charge in [-0.25, -0.2) is 17.8 Å². The van der Waals surface area contributed by atoms with E-state index in [9.17, 15) is 12.8 Å². The van der Waals surface area contributed by atoms with Crippen LogP contribution in [0.5, 0.6) is 5.75 Å². The average Bonchev–Trinajstić information content (AvgIpc) is 2.50. The number of rotatable bonds is 9. The average molecular weight is 373 g/mol. The molecule has 1 aromatic carbocycles. The van der Waals surface area contributed by atoms with Crippen molar-refractivity contribution in [2.75, 3.05) is 25.1 Å². The van der Waals surface area contributed by atoms with Crippen LogP contribution in [0.1, 0.15) is 27.2 Å². The van der Waals surface area contributed by atoms with E-state index in [-0.39, 0.29) is 23.7 Å². The van der Waals surface area contributed by atoms with Crippen molar-refractivity contribution < 1.29 is 17.5 Å². The van der Waals surface area contributed by atoms with Crippen molar-refractivity contribution in [3.8, 4) is 5.75 Å². The summed E-state index contributed by atoms with van der Waals surface area (Å²) in [5.41, 5.74) is 0. The van der Waals surface area contributed by atoms with Gasteiger partial charge in [0.25, 0.3) is 0 Å². The van der Waals surface area contributed by atoms with Gasteiger partial charge in [0.2, 0.25) is 0 Å². The summed E-state index contributed by atoms with van der Waals surface area (Å²) in [4.78, 5) is 4.44. The van der Waals surface area contributed by atoms with Gasteiger partial charge < -0.3 is 15.4 Å². The number of benzene rings is 1. The van der Waals surface area contributed by atoms with Crippen molar-refractivity contribution in [1.82, 2.24) is 10.6 Å². The first-order valence-electron chi connectivity index (χ1n) is 8.34. The maximum absolute atomic E-state index is 13.2. The molecule has 0 saturated carbocycles. The summed E-state index contributed by atoms with van der Waals surface area (Å²) in [7, 11) is -2.98. The Balaban J connectivity index is 2.55. The zero-order valence-electron chi connectivity index (χ0n) is 15.3. The van der Waals surface area contributed by atoms with Crippen LogP contribution in [-0.2, 0) is 9.84 Å². The van der Waals surface area contributed by atoms with Crippen molar-refractivity contribution in [1.29, 1.82) is 0 Å². The lowest BCUT2D eigenvalue weighted by Gasteiger charge is -2.19. The Morgan fingerprint density at radius 1 is 1.36 bits per heavy atom. The Labute approximate surface area is 149 Å². The number of hydrogen-bond acceptors (Lipinski definition) is 4. The molecule has 142 valence electrons. The highest BCUT2D eigenvalue weighted by Gasteiger charge is 2.10. The third-order valence-electron chi connectivity index (χ3n) is 3.29. The minimum absolute atomic E-state index is 0.0352. The monoisotopic (exact) mass is 373 g/mol. The normalized spacial score (nSPS) is 14.7. The number of ether oxygens (including phenoxy) is 1. The second-order valence-corrected chi connectivity index (χ2v) is 8.33. The quantitative estimate of drug-likeness (QED) is 0.511. The maximum atomic E-state index is 13.2. The van der Waals surface area contributed by atoms with E-state index in [1.807, 2.05) is 20.8 Å². The van der Waals surface area contributed by atoms with Crippen molar-refractivity contribution in [2.45, 2.75) is 39.3 Å². The molecule has 8 heteroatoms. The van der Waals surface area contributed by atoms with Gasteiger partial charge in [-0.05, 0) is 39.3 Å². The SMILES string of the molecule is CCNC(=NCC(C)Oc1cccc(F)c1)NC(C)CCS(C)(=O)=O. The number of hydrogen-bond donors (Lipinski definition) is 2. The minimum atomic E-state index is -2.98. The summed E-state index contributed by atoms with van der Waals surface area (Å²) >= 11 is 0. The third-order valence-corrected chi connectivity index (χ3v) is 4.27. The van der Waals surface area contributed by atoms with E-state index < -0.39 is 9.84 Å². The second-order valence-electron chi connectivity index (χ2n) is 6.07. The number of nitrogens with one attached hydrogen (secondary N) is 2. The van der Waals surface area contributed by atoms with Gasteiger partial charge in [-0.1, -0.05) is 6.07 Å². The number of guanidine groups is 1. The van der Waals surface area contributed by atoms with Crippen LogP contribution < -0.4 is 15.4 Å². The molecule has 0 radical (unpaired) electrons. The van der Waals surface area contributed by atoms with Gasteiger partial charge in [0.05, 0.1) is 12.3 Å². The number of aliphatic imine (C=N–C) groups is 1. The van der Waals surface area contributed by atoms with Crippen LogP contribution >= 0.6 is 0 Å². The Morgan fingerprint density at radius 3 is 2.68 bits per heavy atom. The lowest BCUT2D eigenvalue weighted by Crippen LogP contribution is -2.43. The molecule has 1 rings (SSSR count). The molecule has 0 aliphatic carbocycles. The fourth-order valence-electron chi connectivity index (χ4n) is 2.05. The maximum Gasteiger partial charge on any atom is 0.191 e. The second kappa shape index (κ2) is 10.2. The smallest absolute Gasteiger partial charge is 0.191 e. The number of nitrogens with zero attached hydrogens (tertiary/aromatic N) is 1. The van der Waals surface area contributed by atoms with E-state index in [0.717, 1.165) is 0 Å². The molecule has 0 aliphatic heterocycles. The van der Waals surface area contributed by atoms with E-state index >= 15 is 0 Å². The van der Waals surface area contributed by atoms with Crippen molar-refractivity contribution >= 4 is 15.8 Å². The lowest BCUT2D eigenvalue weighted by molar-refractivity contribution is 0.229. The van der Waals surface area contributed by atoms with Crippen LogP contribution in [0.3, 0.4) is 0 Å². The first kappa shape index (κ1) is 21.2. The summed E-state index contributed by atoms with van der Waals surface area (Å²) in [5.74, 6) is 0.836. The molecule has 0 aliphatic rings. The van der Waals surface area contributed by atoms with Gasteiger partial charge in [-0.3, -0.25) is 0 Å². The Kier molecular flexibility index (Phi) is 8.68. The van der Waals surface area contributed by atoms with Crippen LogP contribution in [0.15, 0.2) is 29.3 Å². The molecule has 0 saturated heterocycles. The molecule has 6 nitrogen and oxygen atoms in total. The summed E-state index contributed by atoms with van der Waals surface area (Å²) in [6.07, 6.45) is 1.49. The molecule has 0 bridgehead atoms. The molecule has 25 heavy (non-hydrogen) atoms. The van der Waals surface area contributed by atoms with E-state index in [2.05, 4.69) is 15.6 Å². The van der Waals surface area contributed by atoms with Crippen LogP contribution in [0.25, 0.3) is 0 Å². The predicted octanol–water partition coefficient (Wildman–Crippen LogP) is 1.97. The largest absolute Gasteiger partial charge is 0.489 e. The summed E-state index contributed by atoms with van der Waals surface area (Å²) < 4.78 is 41.3. The molecule has 2 unspecified atom stereocenters. The molecule has 0 spiro atoms. The molecule has 0 fully saturated rings. The number of halogens is 1. The van der Waals surface area contributed by atoms with Crippen molar-refractivity contribution in [3.05, 3.63) is 30.1 Å². The van der Waals surface area contributed by atoms with E-state index in [1.165, 1.54) is 18.4 Å². The van der Waals surface area contributed by atoms with Gasteiger partial charge in [-0.15, -0.1) is 0 Å². The molecular formula is C17H28FN3O3S. The molecule has 0 aromatic heterocycles. The van der Waals surface area contributed by atoms with Crippen LogP contribution in [0, 0.1) is 5.82 Å². The van der Waals surface area contributed by atoms with Crippen LogP contribution in [0.4, 0.5) is 4.39 Å². The standard InChI is InChI=1S/C17H28FN3O3S/c1-5-19-17(21-13(2)9-10-25(4,22)23)20-12-14(3)24-16-8-6-7-15(18)11-16/h6-8,11,13-14H,5,9-10,12H2,1-4H3,(H2,19,20,21). The fraction of sp³-hybridized carbons (Fsp3) is 0.588. The van der Waals surface area contributed by atoms with Gasteiger partial charge >= 0.3 is 0 Å². The van der Waals surface area contributed by atoms with Gasteiger partial charge in [0.15, 0.2) is 5.96 Å². The topological polar surface area (TPSA) is 79.8 Å². The summed E-state index contributed by atoms with van der Waals surface area (Å²) in [6.45, 7) is 6.77. The molecule has 1 aromatic rings. The number of sulfone groups is 1. The summed E-state index contributed by atoms with van der Waals surface area (Å²) in [6, 6.07) is 5.94. The van der Waals surface area contributed by atoms with Crippen molar-refractivity contribution in [2.24, 2.45) is 4.99 Å². The van der Waals surface area contributed by atoms with E-state index in [1.54, 1.807) is 12.1 Å². The fourth-order valence-corrected chi connectivity index (χ4v) is 2.83. The molecule has 2 atom stereocenters. The predicted molar refractivity (Wildman–Crippen MR) is 99.4 cm³/mol. The molecule has 0 heterocycles. The first-order chi connectivity index (χ1) is 11.7. The molecule has 2 N–H and O–H groups in total. The highest BCUT2D eigenvalue weighted by atomic mass is 32.2. The summed E-state index contributed by atoms with van der Waals surface area (Å²) in [5, 5.41) is 6.29. The van der Waals surface area contributed by atoms with E-state index in [4.69, 9.17) is 4.74 Å².